The standard InChI is InChI=1S/C19H30O3/c1-4-5-6-12(2)9-14(20)7-8-15-16-10-13(3)19(22)17(16)11-18(15)21/h7-8,12,14-18,20-21H,3-6,9-11H2,1-2H3/t12?,14-,15+,16+,17+,18-/m1/s1. The molecule has 2 N–H and O–H groups in total. The minimum Gasteiger partial charge on any atom is -0.392 e. The summed E-state index contributed by atoms with van der Waals surface area (Å²) < 4.78 is 0. The molecule has 0 aromatic rings. The van der Waals surface area contributed by atoms with Gasteiger partial charge in [0.25, 0.3) is 0 Å². The number of aliphatic hydroxyl groups excluding tert-OH is 2. The van der Waals surface area contributed by atoms with Gasteiger partial charge in [0.1, 0.15) is 0 Å². The molecule has 0 aromatic heterocycles. The van der Waals surface area contributed by atoms with Crippen LogP contribution in [0.4, 0.5) is 0 Å². The Morgan fingerprint density at radius 3 is 2.86 bits per heavy atom. The lowest BCUT2D eigenvalue weighted by Crippen LogP contribution is -2.18. The molecule has 124 valence electrons. The van der Waals surface area contributed by atoms with E-state index in [2.05, 4.69) is 20.4 Å². The molecule has 3 nitrogen and oxygen atoms in total. The second-order valence-electron chi connectivity index (χ2n) is 7.26. The Bertz CT molecular complexity index is 440. The summed E-state index contributed by atoms with van der Waals surface area (Å²) >= 11 is 0. The molecular weight excluding hydrogens is 276 g/mol. The van der Waals surface area contributed by atoms with Crippen LogP contribution in [0.15, 0.2) is 24.3 Å². The molecule has 2 aliphatic rings. The van der Waals surface area contributed by atoms with E-state index in [4.69, 9.17) is 0 Å². The third kappa shape index (κ3) is 3.88. The van der Waals surface area contributed by atoms with E-state index in [1.165, 1.54) is 12.8 Å². The molecule has 2 rings (SSSR count). The number of allylic oxidation sites excluding steroid dienone is 1. The van der Waals surface area contributed by atoms with Gasteiger partial charge < -0.3 is 10.2 Å². The molecule has 0 radical (unpaired) electrons. The fraction of sp³-hybridized carbons (Fsp3) is 0.737. The highest BCUT2D eigenvalue weighted by Gasteiger charge is 2.49. The van der Waals surface area contributed by atoms with Crippen molar-refractivity contribution in [3.63, 3.8) is 0 Å². The molecule has 0 heterocycles. The number of carbonyl (C=O) groups excluding carboxylic acids is 1. The summed E-state index contributed by atoms with van der Waals surface area (Å²) in [6, 6.07) is 0. The molecule has 0 bridgehead atoms. The Kier molecular flexibility index (Phi) is 5.99. The van der Waals surface area contributed by atoms with E-state index in [1.54, 1.807) is 0 Å². The van der Waals surface area contributed by atoms with Gasteiger partial charge in [0, 0.05) is 11.8 Å². The summed E-state index contributed by atoms with van der Waals surface area (Å²) in [5, 5.41) is 20.4. The molecule has 3 heteroatoms. The lowest BCUT2D eigenvalue weighted by molar-refractivity contribution is -0.118. The predicted molar refractivity (Wildman–Crippen MR) is 88.3 cm³/mol. The molecule has 2 aliphatic carbocycles. The fourth-order valence-corrected chi connectivity index (χ4v) is 4.06. The molecule has 1 unspecified atom stereocenters. The first-order valence-corrected chi connectivity index (χ1v) is 8.70. The van der Waals surface area contributed by atoms with Crippen molar-refractivity contribution in [1.82, 2.24) is 0 Å². The van der Waals surface area contributed by atoms with Crippen LogP contribution in [-0.4, -0.2) is 28.2 Å². The molecule has 0 aromatic carbocycles. The molecule has 2 saturated carbocycles. The average molecular weight is 306 g/mol. The van der Waals surface area contributed by atoms with Crippen molar-refractivity contribution in [1.29, 1.82) is 0 Å². The maximum atomic E-state index is 12.0. The number of Topliss-reactive ketones (excluding diaryl/α,β-unsaturated/α-hetero) is 1. The second kappa shape index (κ2) is 7.56. The fourth-order valence-electron chi connectivity index (χ4n) is 4.06. The topological polar surface area (TPSA) is 57.5 Å². The molecule has 0 aliphatic heterocycles. The first-order valence-electron chi connectivity index (χ1n) is 8.70. The Balaban J connectivity index is 1.89. The van der Waals surface area contributed by atoms with Crippen LogP contribution in [-0.2, 0) is 4.79 Å². The first kappa shape index (κ1) is 17.4. The van der Waals surface area contributed by atoms with E-state index in [1.807, 2.05) is 12.2 Å². The SMILES string of the molecule is C=C1C[C@H]2[C@H](C=C[C@@H](O)CC(C)CCCC)[C@H](O)C[C@@H]2C1=O. The van der Waals surface area contributed by atoms with Crippen LogP contribution in [0.2, 0.25) is 0 Å². The molecule has 22 heavy (non-hydrogen) atoms. The van der Waals surface area contributed by atoms with Gasteiger partial charge in [-0.3, -0.25) is 4.79 Å². The minimum absolute atomic E-state index is 0.0196. The molecular formula is C19H30O3. The number of carbonyl (C=O) groups is 1. The molecule has 6 atom stereocenters. The third-order valence-electron chi connectivity index (χ3n) is 5.37. The lowest BCUT2D eigenvalue weighted by atomic mass is 9.89. The molecule has 0 amide bonds. The van der Waals surface area contributed by atoms with E-state index >= 15 is 0 Å². The average Bonchev–Trinajstić information content (AvgIpc) is 2.91. The van der Waals surface area contributed by atoms with Crippen molar-refractivity contribution in [2.45, 2.75) is 64.6 Å². The van der Waals surface area contributed by atoms with E-state index < -0.39 is 12.2 Å². The van der Waals surface area contributed by atoms with Gasteiger partial charge in [-0.1, -0.05) is 51.8 Å². The van der Waals surface area contributed by atoms with E-state index in [-0.39, 0.29) is 23.5 Å². The Morgan fingerprint density at radius 1 is 1.45 bits per heavy atom. The van der Waals surface area contributed by atoms with Gasteiger partial charge in [-0.05, 0) is 36.7 Å². The van der Waals surface area contributed by atoms with Crippen LogP contribution in [0.3, 0.4) is 0 Å². The zero-order valence-corrected chi connectivity index (χ0v) is 13.9. The van der Waals surface area contributed by atoms with E-state index in [0.717, 1.165) is 12.8 Å². The smallest absolute Gasteiger partial charge is 0.161 e. The van der Waals surface area contributed by atoms with Crippen LogP contribution in [0, 0.1) is 23.7 Å². The zero-order valence-electron chi connectivity index (χ0n) is 13.9. The van der Waals surface area contributed by atoms with Crippen molar-refractivity contribution >= 4 is 5.78 Å². The van der Waals surface area contributed by atoms with Crippen molar-refractivity contribution in [3.05, 3.63) is 24.3 Å². The van der Waals surface area contributed by atoms with Gasteiger partial charge >= 0.3 is 0 Å². The maximum absolute atomic E-state index is 12.0. The van der Waals surface area contributed by atoms with E-state index in [0.29, 0.717) is 24.3 Å². The number of hydrogen-bond donors (Lipinski definition) is 2. The Labute approximate surface area is 134 Å². The van der Waals surface area contributed by atoms with Crippen LogP contribution in [0.5, 0.6) is 0 Å². The number of ketones is 1. The Hall–Kier alpha value is -0.930. The van der Waals surface area contributed by atoms with Crippen LogP contribution in [0.25, 0.3) is 0 Å². The van der Waals surface area contributed by atoms with Crippen LogP contribution in [0.1, 0.15) is 52.4 Å². The maximum Gasteiger partial charge on any atom is 0.161 e. The lowest BCUT2D eigenvalue weighted by Gasteiger charge is -2.18. The summed E-state index contributed by atoms with van der Waals surface area (Å²) in [5.74, 6) is 0.741. The van der Waals surface area contributed by atoms with Crippen molar-refractivity contribution in [2.24, 2.45) is 23.7 Å². The summed E-state index contributed by atoms with van der Waals surface area (Å²) in [5.41, 5.74) is 0.703. The van der Waals surface area contributed by atoms with Gasteiger partial charge in [-0.2, -0.15) is 0 Å². The van der Waals surface area contributed by atoms with Crippen LogP contribution < -0.4 is 0 Å². The minimum atomic E-state index is -0.465. The van der Waals surface area contributed by atoms with Crippen molar-refractivity contribution in [2.75, 3.05) is 0 Å². The molecule has 2 fully saturated rings. The van der Waals surface area contributed by atoms with Gasteiger partial charge in [-0.15, -0.1) is 0 Å². The quantitative estimate of drug-likeness (QED) is 0.560. The van der Waals surface area contributed by atoms with Gasteiger partial charge in [-0.25, -0.2) is 0 Å². The monoisotopic (exact) mass is 306 g/mol. The van der Waals surface area contributed by atoms with Gasteiger partial charge in [0.15, 0.2) is 5.78 Å². The summed E-state index contributed by atoms with van der Waals surface area (Å²) in [7, 11) is 0. The first-order chi connectivity index (χ1) is 10.4. The highest BCUT2D eigenvalue weighted by molar-refractivity contribution is 5.99. The number of aliphatic hydroxyl groups is 2. The molecule has 0 spiro atoms. The highest BCUT2D eigenvalue weighted by Crippen LogP contribution is 2.48. The summed E-state index contributed by atoms with van der Waals surface area (Å²) in [6.07, 6.45) is 8.37. The van der Waals surface area contributed by atoms with Crippen molar-refractivity contribution in [3.8, 4) is 0 Å². The number of unbranched alkanes of at least 4 members (excludes halogenated alkanes) is 1. The number of fused-ring (bicyclic) bond motifs is 1. The highest BCUT2D eigenvalue weighted by atomic mass is 16.3. The largest absolute Gasteiger partial charge is 0.392 e. The normalized spacial score (nSPS) is 34.4. The van der Waals surface area contributed by atoms with Crippen molar-refractivity contribution < 1.29 is 15.0 Å². The van der Waals surface area contributed by atoms with Gasteiger partial charge in [0.2, 0.25) is 0 Å². The van der Waals surface area contributed by atoms with E-state index in [9.17, 15) is 15.0 Å². The predicted octanol–water partition coefficient (Wildman–Crippen LogP) is 3.26. The second-order valence-corrected chi connectivity index (χ2v) is 7.26. The Morgan fingerprint density at radius 2 is 2.18 bits per heavy atom. The summed E-state index contributed by atoms with van der Waals surface area (Å²) in [6.45, 7) is 8.19. The van der Waals surface area contributed by atoms with Gasteiger partial charge in [0.05, 0.1) is 12.2 Å². The summed E-state index contributed by atoms with van der Waals surface area (Å²) in [4.78, 5) is 12.0. The molecule has 0 saturated heterocycles. The zero-order chi connectivity index (χ0) is 16.3. The number of hydrogen-bond acceptors (Lipinski definition) is 3. The third-order valence-corrected chi connectivity index (χ3v) is 5.37. The van der Waals surface area contributed by atoms with Crippen LogP contribution >= 0.6 is 0 Å². The number of rotatable bonds is 7.